The molecule has 1 aliphatic rings. The van der Waals surface area contributed by atoms with Crippen molar-refractivity contribution >= 4 is 28.7 Å². The number of benzene rings is 2. The molecule has 0 spiro atoms. The van der Waals surface area contributed by atoms with E-state index in [9.17, 15) is 4.79 Å². The van der Waals surface area contributed by atoms with Gasteiger partial charge in [-0.1, -0.05) is 12.1 Å². The van der Waals surface area contributed by atoms with Crippen LogP contribution < -0.4 is 15.5 Å². The molecule has 0 atom stereocenters. The third kappa shape index (κ3) is 4.31. The average molecular weight is 372 g/mol. The highest BCUT2D eigenvalue weighted by Crippen LogP contribution is 2.23. The molecule has 3 aromatic rings. The van der Waals surface area contributed by atoms with Gasteiger partial charge in [0.1, 0.15) is 5.69 Å². The van der Waals surface area contributed by atoms with Gasteiger partial charge in [-0.25, -0.2) is 0 Å². The summed E-state index contributed by atoms with van der Waals surface area (Å²) in [5.74, 6) is -0.221. The Kier molecular flexibility index (Phi) is 5.24. The number of pyridine rings is 1. The Morgan fingerprint density at radius 3 is 2.43 bits per heavy atom. The minimum Gasteiger partial charge on any atom is -0.372 e. The number of amides is 1. The van der Waals surface area contributed by atoms with Gasteiger partial charge < -0.3 is 15.5 Å². The molecule has 2 aromatic carbocycles. The molecule has 28 heavy (non-hydrogen) atoms. The molecule has 0 saturated carbocycles. The third-order valence-corrected chi connectivity index (χ3v) is 4.90. The predicted octanol–water partition coefficient (Wildman–Crippen LogP) is 4.99. The van der Waals surface area contributed by atoms with E-state index in [2.05, 4.69) is 38.7 Å². The second-order valence-electron chi connectivity index (χ2n) is 7.12. The molecule has 1 aromatic heterocycles. The minimum absolute atomic E-state index is 0.221. The molecule has 4 rings (SSSR count). The zero-order valence-electron chi connectivity index (χ0n) is 16.0. The summed E-state index contributed by atoms with van der Waals surface area (Å²) in [5, 5.41) is 6.25. The highest BCUT2D eigenvalue weighted by molar-refractivity contribution is 6.03. The van der Waals surface area contributed by atoms with Crippen LogP contribution in [-0.4, -0.2) is 24.0 Å². The first-order valence-corrected chi connectivity index (χ1v) is 9.63. The van der Waals surface area contributed by atoms with Crippen LogP contribution in [0.4, 0.5) is 22.7 Å². The number of nitrogens with one attached hydrogen (secondary N) is 2. The highest BCUT2D eigenvalue weighted by atomic mass is 16.1. The summed E-state index contributed by atoms with van der Waals surface area (Å²) in [7, 11) is 0. The molecule has 1 fully saturated rings. The lowest BCUT2D eigenvalue weighted by atomic mass is 10.2. The zero-order chi connectivity index (χ0) is 19.3. The first kappa shape index (κ1) is 18.0. The van der Waals surface area contributed by atoms with Gasteiger partial charge in [0.2, 0.25) is 0 Å². The molecule has 142 valence electrons. The summed E-state index contributed by atoms with van der Waals surface area (Å²) in [5.41, 5.74) is 5.34. The van der Waals surface area contributed by atoms with Crippen molar-refractivity contribution in [2.75, 3.05) is 28.6 Å². The molecule has 5 nitrogen and oxygen atoms in total. The van der Waals surface area contributed by atoms with E-state index in [-0.39, 0.29) is 5.91 Å². The molecular weight excluding hydrogens is 348 g/mol. The zero-order valence-corrected chi connectivity index (χ0v) is 16.0. The van der Waals surface area contributed by atoms with Gasteiger partial charge in [0.15, 0.2) is 0 Å². The Hall–Kier alpha value is -3.34. The van der Waals surface area contributed by atoms with Crippen LogP contribution in [0.5, 0.6) is 0 Å². The van der Waals surface area contributed by atoms with E-state index in [1.807, 2.05) is 43.3 Å². The van der Waals surface area contributed by atoms with Crippen LogP contribution in [0.3, 0.4) is 0 Å². The van der Waals surface area contributed by atoms with E-state index in [1.54, 1.807) is 12.3 Å². The predicted molar refractivity (Wildman–Crippen MR) is 115 cm³/mol. The number of carbonyl (C=O) groups is 1. The molecule has 0 radical (unpaired) electrons. The van der Waals surface area contributed by atoms with Crippen molar-refractivity contribution in [1.82, 2.24) is 4.98 Å². The van der Waals surface area contributed by atoms with Gasteiger partial charge in [0.05, 0.1) is 0 Å². The van der Waals surface area contributed by atoms with Crippen LogP contribution in [0.2, 0.25) is 0 Å². The smallest absolute Gasteiger partial charge is 0.274 e. The van der Waals surface area contributed by atoms with Gasteiger partial charge in [-0.2, -0.15) is 0 Å². The fraction of sp³-hybridized carbons (Fsp3) is 0.217. The first-order chi connectivity index (χ1) is 13.7. The molecule has 2 heterocycles. The monoisotopic (exact) mass is 372 g/mol. The van der Waals surface area contributed by atoms with Crippen molar-refractivity contribution in [3.8, 4) is 0 Å². The molecule has 2 N–H and O–H groups in total. The molecular formula is C23H24N4O. The van der Waals surface area contributed by atoms with Crippen molar-refractivity contribution < 1.29 is 4.79 Å². The molecule has 1 amide bonds. The van der Waals surface area contributed by atoms with Gasteiger partial charge in [0.25, 0.3) is 5.91 Å². The van der Waals surface area contributed by atoms with Crippen LogP contribution in [0.15, 0.2) is 66.9 Å². The van der Waals surface area contributed by atoms with Crippen LogP contribution >= 0.6 is 0 Å². The second-order valence-corrected chi connectivity index (χ2v) is 7.12. The van der Waals surface area contributed by atoms with Gasteiger partial charge in [-0.3, -0.25) is 9.78 Å². The average Bonchev–Trinajstić information content (AvgIpc) is 3.24. The molecule has 0 unspecified atom stereocenters. The summed E-state index contributed by atoms with van der Waals surface area (Å²) in [6.07, 6.45) is 4.14. The maximum absolute atomic E-state index is 12.6. The molecule has 1 saturated heterocycles. The van der Waals surface area contributed by atoms with Gasteiger partial charge in [-0.05, 0) is 73.9 Å². The Morgan fingerprint density at radius 2 is 1.68 bits per heavy atom. The topological polar surface area (TPSA) is 57.3 Å². The molecule has 0 aliphatic carbocycles. The van der Waals surface area contributed by atoms with E-state index in [4.69, 9.17) is 0 Å². The Balaban J connectivity index is 1.43. The largest absolute Gasteiger partial charge is 0.372 e. The lowest BCUT2D eigenvalue weighted by Crippen LogP contribution is -2.17. The number of anilines is 4. The van der Waals surface area contributed by atoms with E-state index in [0.717, 1.165) is 30.2 Å². The van der Waals surface area contributed by atoms with Crippen LogP contribution in [-0.2, 0) is 0 Å². The lowest BCUT2D eigenvalue weighted by Gasteiger charge is -2.17. The summed E-state index contributed by atoms with van der Waals surface area (Å²) in [6, 6.07) is 19.7. The van der Waals surface area contributed by atoms with Gasteiger partial charge in [0, 0.05) is 42.0 Å². The summed E-state index contributed by atoms with van der Waals surface area (Å²) in [6.45, 7) is 4.26. The quantitative estimate of drug-likeness (QED) is 0.663. The van der Waals surface area contributed by atoms with Crippen molar-refractivity contribution in [3.05, 3.63) is 78.1 Å². The normalized spacial score (nSPS) is 13.4. The molecule has 5 heteroatoms. The van der Waals surface area contributed by atoms with E-state index in [0.29, 0.717) is 5.69 Å². The van der Waals surface area contributed by atoms with Crippen molar-refractivity contribution in [2.24, 2.45) is 0 Å². The fourth-order valence-electron chi connectivity index (χ4n) is 3.45. The van der Waals surface area contributed by atoms with Crippen LogP contribution in [0.1, 0.15) is 28.9 Å². The Labute approximate surface area is 165 Å². The van der Waals surface area contributed by atoms with E-state index >= 15 is 0 Å². The Morgan fingerprint density at radius 1 is 0.929 bits per heavy atom. The van der Waals surface area contributed by atoms with Crippen LogP contribution in [0.25, 0.3) is 0 Å². The molecule has 1 aliphatic heterocycles. The van der Waals surface area contributed by atoms with E-state index in [1.165, 1.54) is 24.1 Å². The molecule has 0 bridgehead atoms. The number of hydrogen-bond donors (Lipinski definition) is 2. The number of carbonyl (C=O) groups excluding carboxylic acids is 1. The van der Waals surface area contributed by atoms with Gasteiger partial charge >= 0.3 is 0 Å². The Bertz CT molecular complexity index is 962. The second kappa shape index (κ2) is 8.13. The lowest BCUT2D eigenvalue weighted by molar-refractivity contribution is 0.102. The van der Waals surface area contributed by atoms with Crippen molar-refractivity contribution in [1.29, 1.82) is 0 Å². The fourth-order valence-corrected chi connectivity index (χ4v) is 3.45. The van der Waals surface area contributed by atoms with Crippen LogP contribution in [0, 0.1) is 6.92 Å². The number of aryl methyl sites for hydroxylation is 1. The number of hydrogen-bond acceptors (Lipinski definition) is 4. The maximum Gasteiger partial charge on any atom is 0.274 e. The highest BCUT2D eigenvalue weighted by Gasteiger charge is 2.13. The maximum atomic E-state index is 12.6. The summed E-state index contributed by atoms with van der Waals surface area (Å²) in [4.78, 5) is 19.2. The van der Waals surface area contributed by atoms with E-state index < -0.39 is 0 Å². The number of nitrogens with zero attached hydrogens (tertiary/aromatic N) is 2. The minimum atomic E-state index is -0.221. The number of rotatable bonds is 5. The van der Waals surface area contributed by atoms with Crippen molar-refractivity contribution in [3.63, 3.8) is 0 Å². The van der Waals surface area contributed by atoms with Crippen molar-refractivity contribution in [2.45, 2.75) is 19.8 Å². The number of aromatic nitrogens is 1. The first-order valence-electron chi connectivity index (χ1n) is 9.63. The third-order valence-electron chi connectivity index (χ3n) is 4.90. The summed E-state index contributed by atoms with van der Waals surface area (Å²) >= 11 is 0. The van der Waals surface area contributed by atoms with Gasteiger partial charge in [-0.15, -0.1) is 0 Å². The standard InChI is InChI=1S/C23H24N4O/c1-17-5-4-6-19(15-17)25-20-11-12-24-22(16-20)23(28)26-18-7-9-21(10-8-18)27-13-2-3-14-27/h4-12,15-16H,2-3,13-14H2,1H3,(H,24,25)(H,26,28). The summed E-state index contributed by atoms with van der Waals surface area (Å²) < 4.78 is 0. The SMILES string of the molecule is Cc1cccc(Nc2ccnc(C(=O)Nc3ccc(N4CCCC4)cc3)c2)c1.